The predicted octanol–water partition coefficient (Wildman–Crippen LogP) is 0.473. The van der Waals surface area contributed by atoms with Crippen LogP contribution in [0.25, 0.3) is 0 Å². The van der Waals surface area contributed by atoms with Crippen LogP contribution in [0.1, 0.15) is 22.5 Å². The quantitative estimate of drug-likeness (QED) is 0.718. The fourth-order valence-electron chi connectivity index (χ4n) is 2.57. The number of rotatable bonds is 7. The zero-order chi connectivity index (χ0) is 18.4. The molecule has 8 nitrogen and oxygen atoms in total. The van der Waals surface area contributed by atoms with Crippen molar-refractivity contribution in [1.82, 2.24) is 20.2 Å². The number of aromatic nitrogens is 2. The van der Waals surface area contributed by atoms with Crippen LogP contribution in [0, 0.1) is 6.92 Å². The van der Waals surface area contributed by atoms with Crippen LogP contribution in [0.2, 0.25) is 0 Å². The molecule has 2 rings (SSSR count). The third-order valence-corrected chi connectivity index (χ3v) is 4.86. The van der Waals surface area contributed by atoms with E-state index in [0.717, 1.165) is 26.2 Å². The van der Waals surface area contributed by atoms with Gasteiger partial charge in [-0.3, -0.25) is 4.79 Å². The average Bonchev–Trinajstić information content (AvgIpc) is 2.58. The minimum Gasteiger partial charge on any atom is -0.480 e. The maximum Gasteiger partial charge on any atom is 0.326 e. The number of hydrogen-bond acceptors (Lipinski definition) is 7. The number of nitrogens with zero attached hydrogens (tertiary/aromatic N) is 4. The van der Waals surface area contributed by atoms with Gasteiger partial charge < -0.3 is 20.2 Å². The lowest BCUT2D eigenvalue weighted by Crippen LogP contribution is -2.45. The summed E-state index contributed by atoms with van der Waals surface area (Å²) in [5.41, 5.74) is 0.865. The van der Waals surface area contributed by atoms with Crippen molar-refractivity contribution in [3.63, 3.8) is 0 Å². The fourth-order valence-corrected chi connectivity index (χ4v) is 3.04. The van der Waals surface area contributed by atoms with E-state index in [1.165, 1.54) is 6.20 Å². The lowest BCUT2D eigenvalue weighted by molar-refractivity contribution is -0.139. The van der Waals surface area contributed by atoms with Crippen molar-refractivity contribution in [1.29, 1.82) is 0 Å². The van der Waals surface area contributed by atoms with E-state index in [9.17, 15) is 14.7 Å². The van der Waals surface area contributed by atoms with E-state index in [4.69, 9.17) is 0 Å². The standard InChI is InChI=1S/C16H25N5O3S/c1-11-12(14(22)19-13(15(23)24)4-9-25-3)10-17-16(18-11)21-7-5-20(2)6-8-21/h10,13H,4-9H2,1-3H3,(H,19,22)(H,23,24)/t13-/m1/s1. The molecule has 0 spiro atoms. The number of piperazine rings is 1. The number of hydrogen-bond donors (Lipinski definition) is 2. The Labute approximate surface area is 152 Å². The molecular formula is C16H25N5O3S. The molecule has 1 fully saturated rings. The van der Waals surface area contributed by atoms with E-state index >= 15 is 0 Å². The molecule has 0 unspecified atom stereocenters. The molecule has 1 aromatic rings. The molecule has 1 saturated heterocycles. The van der Waals surface area contributed by atoms with Crippen LogP contribution < -0.4 is 10.2 Å². The minimum atomic E-state index is -1.03. The van der Waals surface area contributed by atoms with Gasteiger partial charge in [-0.15, -0.1) is 0 Å². The van der Waals surface area contributed by atoms with Gasteiger partial charge in [0.05, 0.1) is 11.3 Å². The van der Waals surface area contributed by atoms with Crippen molar-refractivity contribution >= 4 is 29.6 Å². The van der Waals surface area contributed by atoms with Gasteiger partial charge in [-0.1, -0.05) is 0 Å². The summed E-state index contributed by atoms with van der Waals surface area (Å²) in [5.74, 6) is -0.208. The molecule has 0 aromatic carbocycles. The van der Waals surface area contributed by atoms with E-state index in [2.05, 4.69) is 32.1 Å². The van der Waals surface area contributed by atoms with E-state index in [1.54, 1.807) is 18.7 Å². The molecule has 25 heavy (non-hydrogen) atoms. The van der Waals surface area contributed by atoms with Gasteiger partial charge in [0.1, 0.15) is 6.04 Å². The van der Waals surface area contributed by atoms with Gasteiger partial charge in [-0.05, 0) is 32.4 Å². The van der Waals surface area contributed by atoms with Gasteiger partial charge in [0, 0.05) is 32.4 Å². The average molecular weight is 367 g/mol. The van der Waals surface area contributed by atoms with Crippen LogP contribution in [0.3, 0.4) is 0 Å². The van der Waals surface area contributed by atoms with Crippen LogP contribution in [0.5, 0.6) is 0 Å². The van der Waals surface area contributed by atoms with Gasteiger partial charge in [0.15, 0.2) is 0 Å². The second-order valence-corrected chi connectivity index (χ2v) is 7.09. The topological polar surface area (TPSA) is 98.7 Å². The Morgan fingerprint density at radius 3 is 2.60 bits per heavy atom. The predicted molar refractivity (Wildman–Crippen MR) is 98.4 cm³/mol. The molecule has 0 aliphatic carbocycles. The summed E-state index contributed by atoms with van der Waals surface area (Å²) in [7, 11) is 2.08. The SMILES string of the molecule is CSCC[C@@H](NC(=O)c1cnc(N2CCN(C)CC2)nc1C)C(=O)O. The van der Waals surface area contributed by atoms with Gasteiger partial charge in [-0.2, -0.15) is 11.8 Å². The minimum absolute atomic E-state index is 0.313. The summed E-state index contributed by atoms with van der Waals surface area (Å²) in [4.78, 5) is 36.8. The fraction of sp³-hybridized carbons (Fsp3) is 0.625. The number of carbonyl (C=O) groups excluding carboxylic acids is 1. The first-order valence-electron chi connectivity index (χ1n) is 8.22. The Morgan fingerprint density at radius 1 is 1.36 bits per heavy atom. The summed E-state index contributed by atoms with van der Waals surface area (Å²) in [6.45, 7) is 5.32. The van der Waals surface area contributed by atoms with Crippen molar-refractivity contribution in [2.75, 3.05) is 50.1 Å². The zero-order valence-corrected chi connectivity index (χ0v) is 15.7. The molecular weight excluding hydrogens is 342 g/mol. The maximum atomic E-state index is 12.4. The number of aliphatic carboxylic acids is 1. The third-order valence-electron chi connectivity index (χ3n) is 4.21. The number of carbonyl (C=O) groups is 2. The van der Waals surface area contributed by atoms with Gasteiger partial charge >= 0.3 is 5.97 Å². The molecule has 1 atom stereocenters. The lowest BCUT2D eigenvalue weighted by atomic mass is 10.2. The molecule has 0 saturated carbocycles. The lowest BCUT2D eigenvalue weighted by Gasteiger charge is -2.32. The van der Waals surface area contributed by atoms with E-state index in [-0.39, 0.29) is 0 Å². The van der Waals surface area contributed by atoms with Gasteiger partial charge in [0.25, 0.3) is 5.91 Å². The largest absolute Gasteiger partial charge is 0.480 e. The second kappa shape index (κ2) is 9.00. The highest BCUT2D eigenvalue weighted by molar-refractivity contribution is 7.98. The summed E-state index contributed by atoms with van der Waals surface area (Å²) in [6.07, 6.45) is 3.76. The first-order valence-corrected chi connectivity index (χ1v) is 9.61. The molecule has 1 aliphatic heterocycles. The van der Waals surface area contributed by atoms with E-state index in [1.807, 2.05) is 6.26 Å². The molecule has 9 heteroatoms. The molecule has 0 bridgehead atoms. The second-order valence-electron chi connectivity index (χ2n) is 6.11. The monoisotopic (exact) mass is 367 g/mol. The molecule has 0 radical (unpaired) electrons. The first-order chi connectivity index (χ1) is 11.9. The van der Waals surface area contributed by atoms with Crippen molar-refractivity contribution in [3.8, 4) is 0 Å². The molecule has 1 aliphatic rings. The van der Waals surface area contributed by atoms with Crippen molar-refractivity contribution in [2.45, 2.75) is 19.4 Å². The summed E-state index contributed by atoms with van der Waals surface area (Å²) < 4.78 is 0. The van der Waals surface area contributed by atoms with Gasteiger partial charge in [-0.25, -0.2) is 14.8 Å². The van der Waals surface area contributed by atoms with Gasteiger partial charge in [0.2, 0.25) is 5.95 Å². The highest BCUT2D eigenvalue weighted by Crippen LogP contribution is 2.14. The van der Waals surface area contributed by atoms with Crippen molar-refractivity contribution in [3.05, 3.63) is 17.5 Å². The van der Waals surface area contributed by atoms with Crippen LogP contribution in [-0.2, 0) is 4.79 Å². The maximum absolute atomic E-state index is 12.4. The summed E-state index contributed by atoms with van der Waals surface area (Å²) >= 11 is 1.54. The Hall–Kier alpha value is -1.87. The molecule has 2 heterocycles. The number of thioether (sulfide) groups is 1. The Kier molecular flexibility index (Phi) is 7.01. The Morgan fingerprint density at radius 2 is 2.04 bits per heavy atom. The summed E-state index contributed by atoms with van der Waals surface area (Å²) in [6, 6.07) is -0.906. The Balaban J connectivity index is 2.06. The van der Waals surface area contributed by atoms with Crippen molar-refractivity contribution < 1.29 is 14.7 Å². The number of anilines is 1. The molecule has 2 N–H and O–H groups in total. The first kappa shape index (κ1) is 19.5. The van der Waals surface area contributed by atoms with E-state index in [0.29, 0.717) is 29.4 Å². The number of carboxylic acids is 1. The van der Waals surface area contributed by atoms with Crippen molar-refractivity contribution in [2.24, 2.45) is 0 Å². The normalized spacial score (nSPS) is 16.5. The zero-order valence-electron chi connectivity index (χ0n) is 14.9. The van der Waals surface area contributed by atoms with Crippen LogP contribution >= 0.6 is 11.8 Å². The highest BCUT2D eigenvalue weighted by Gasteiger charge is 2.23. The van der Waals surface area contributed by atoms with Crippen LogP contribution in [0.4, 0.5) is 5.95 Å². The Bertz CT molecular complexity index is 620. The number of carboxylic acid groups (broad SMARTS) is 1. The summed E-state index contributed by atoms with van der Waals surface area (Å²) in [5, 5.41) is 11.8. The number of likely N-dealkylation sites (N-methyl/N-ethyl adjacent to an activating group) is 1. The molecule has 1 aromatic heterocycles. The van der Waals surface area contributed by atoms with E-state index < -0.39 is 17.9 Å². The molecule has 138 valence electrons. The highest BCUT2D eigenvalue weighted by atomic mass is 32.2. The smallest absolute Gasteiger partial charge is 0.326 e. The number of nitrogens with one attached hydrogen (secondary N) is 1. The van der Waals surface area contributed by atoms with Crippen LogP contribution in [-0.4, -0.2) is 83.1 Å². The molecule has 1 amide bonds. The number of aryl methyl sites for hydroxylation is 1. The third kappa shape index (κ3) is 5.30. The van der Waals surface area contributed by atoms with Crippen LogP contribution in [0.15, 0.2) is 6.20 Å². The number of amides is 1.